The summed E-state index contributed by atoms with van der Waals surface area (Å²) in [5.41, 5.74) is 2.24. The zero-order chi connectivity index (χ0) is 17.3. The van der Waals surface area contributed by atoms with E-state index in [1.807, 2.05) is 6.92 Å². The molecule has 2 N–H and O–H groups in total. The minimum absolute atomic E-state index is 0.314. The van der Waals surface area contributed by atoms with Crippen molar-refractivity contribution in [2.45, 2.75) is 6.92 Å². The third kappa shape index (κ3) is 2.83. The number of nitrogens with one attached hydrogen (secondary N) is 2. The van der Waals surface area contributed by atoms with Crippen LogP contribution in [-0.4, -0.2) is 19.5 Å². The Morgan fingerprint density at radius 3 is 2.58 bits per heavy atom. The molecule has 0 spiro atoms. The van der Waals surface area contributed by atoms with Crippen LogP contribution in [0.3, 0.4) is 0 Å². The molecule has 124 valence electrons. The molecule has 0 aliphatic heterocycles. The van der Waals surface area contributed by atoms with E-state index in [2.05, 4.69) is 10.6 Å². The van der Waals surface area contributed by atoms with Gasteiger partial charge in [-0.2, -0.15) is 0 Å². The number of amides is 1. The molecule has 6 heteroatoms. The highest BCUT2D eigenvalue weighted by atomic mass is 35.5. The summed E-state index contributed by atoms with van der Waals surface area (Å²) in [4.78, 5) is 12.4. The Balaban J connectivity index is 2.29. The van der Waals surface area contributed by atoms with Gasteiger partial charge in [0.25, 0.3) is 5.91 Å². The molecule has 1 amide bonds. The van der Waals surface area contributed by atoms with Gasteiger partial charge in [-0.25, -0.2) is 4.39 Å². The van der Waals surface area contributed by atoms with E-state index in [1.54, 1.807) is 24.3 Å². The zero-order valence-electron chi connectivity index (χ0n) is 13.2. The van der Waals surface area contributed by atoms with E-state index in [4.69, 9.17) is 16.0 Å². The second-order valence-corrected chi connectivity index (χ2v) is 5.66. The third-order valence-corrected chi connectivity index (χ3v) is 3.98. The molecule has 0 aliphatic carbocycles. The normalized spacial score (nSPS) is 10.8. The maximum Gasteiger partial charge on any atom is 0.255 e. The highest BCUT2D eigenvalue weighted by Gasteiger charge is 2.24. The van der Waals surface area contributed by atoms with Gasteiger partial charge in [-0.3, -0.25) is 4.79 Å². The smallest absolute Gasteiger partial charge is 0.255 e. The second kappa shape index (κ2) is 6.53. The first-order chi connectivity index (χ1) is 11.5. The van der Waals surface area contributed by atoms with Crippen molar-refractivity contribution in [1.29, 1.82) is 0 Å². The Bertz CT molecular complexity index is 904. The van der Waals surface area contributed by atoms with Crippen molar-refractivity contribution in [1.82, 2.24) is 5.32 Å². The van der Waals surface area contributed by atoms with Crippen LogP contribution in [-0.2, 0) is 0 Å². The molecule has 0 atom stereocenters. The highest BCUT2D eigenvalue weighted by molar-refractivity contribution is 6.37. The number of carbonyl (C=O) groups excluding carboxylic acids is 1. The molecule has 3 rings (SSSR count). The molecule has 0 bridgehead atoms. The van der Waals surface area contributed by atoms with Crippen LogP contribution in [0, 0.1) is 5.82 Å². The van der Waals surface area contributed by atoms with Crippen LogP contribution >= 0.6 is 11.6 Å². The summed E-state index contributed by atoms with van der Waals surface area (Å²) in [6, 6.07) is 9.33. The van der Waals surface area contributed by atoms with E-state index >= 15 is 0 Å². The molecule has 3 aromatic rings. The fourth-order valence-electron chi connectivity index (χ4n) is 2.63. The van der Waals surface area contributed by atoms with Gasteiger partial charge in [0.05, 0.1) is 16.0 Å². The number of hydrogen-bond donors (Lipinski definition) is 2. The predicted molar refractivity (Wildman–Crippen MR) is 94.2 cm³/mol. The minimum atomic E-state index is -0.358. The average Bonchev–Trinajstić information content (AvgIpc) is 2.95. The van der Waals surface area contributed by atoms with E-state index in [0.717, 1.165) is 12.2 Å². The monoisotopic (exact) mass is 346 g/mol. The Hall–Kier alpha value is -2.53. The first-order valence-corrected chi connectivity index (χ1v) is 7.91. The standard InChI is InChI=1S/C18H16ClFN2O2/c1-3-22-12-8-13(19)15-14(9-12)24-17(16(15)18(23)21-2)10-4-6-11(20)7-5-10/h4-9,22H,3H2,1-2H3,(H,21,23). The molecule has 1 heterocycles. The molecule has 0 fully saturated rings. The number of hydrogen-bond acceptors (Lipinski definition) is 3. The molecule has 0 saturated heterocycles. The lowest BCUT2D eigenvalue weighted by atomic mass is 10.0. The van der Waals surface area contributed by atoms with Gasteiger partial charge in [-0.15, -0.1) is 0 Å². The van der Waals surface area contributed by atoms with Crippen molar-refractivity contribution in [3.8, 4) is 11.3 Å². The number of anilines is 1. The maximum absolute atomic E-state index is 13.2. The molecular weight excluding hydrogens is 331 g/mol. The van der Waals surface area contributed by atoms with Crippen LogP contribution in [0.5, 0.6) is 0 Å². The number of halogens is 2. The van der Waals surface area contributed by atoms with E-state index in [9.17, 15) is 9.18 Å². The lowest BCUT2D eigenvalue weighted by Crippen LogP contribution is -2.18. The van der Waals surface area contributed by atoms with Gasteiger partial charge in [0.15, 0.2) is 0 Å². The molecule has 0 saturated carbocycles. The summed E-state index contributed by atoms with van der Waals surface area (Å²) in [5, 5.41) is 6.72. The van der Waals surface area contributed by atoms with Crippen molar-refractivity contribution in [3.05, 3.63) is 52.8 Å². The van der Waals surface area contributed by atoms with Crippen molar-refractivity contribution < 1.29 is 13.6 Å². The Morgan fingerprint density at radius 2 is 1.96 bits per heavy atom. The quantitative estimate of drug-likeness (QED) is 0.721. The molecule has 0 radical (unpaired) electrons. The molecular formula is C18H16ClFN2O2. The maximum atomic E-state index is 13.2. The van der Waals surface area contributed by atoms with Crippen LogP contribution in [0.25, 0.3) is 22.3 Å². The predicted octanol–water partition coefficient (Wildman–Crippen LogP) is 4.68. The van der Waals surface area contributed by atoms with Gasteiger partial charge in [-0.05, 0) is 37.3 Å². The SMILES string of the molecule is CCNc1cc(Cl)c2c(C(=O)NC)c(-c3ccc(F)cc3)oc2c1. The molecule has 4 nitrogen and oxygen atoms in total. The van der Waals surface area contributed by atoms with Crippen molar-refractivity contribution in [3.63, 3.8) is 0 Å². The summed E-state index contributed by atoms with van der Waals surface area (Å²) in [7, 11) is 1.54. The molecule has 1 aromatic heterocycles. The van der Waals surface area contributed by atoms with Gasteiger partial charge in [0.1, 0.15) is 17.2 Å². The largest absolute Gasteiger partial charge is 0.455 e. The van der Waals surface area contributed by atoms with E-state index in [1.165, 1.54) is 19.2 Å². The van der Waals surface area contributed by atoms with Crippen molar-refractivity contribution in [2.24, 2.45) is 0 Å². The average molecular weight is 347 g/mol. The fourth-order valence-corrected chi connectivity index (χ4v) is 2.94. The van der Waals surface area contributed by atoms with Gasteiger partial charge >= 0.3 is 0 Å². The summed E-state index contributed by atoms with van der Waals surface area (Å²) >= 11 is 6.39. The number of furan rings is 1. The number of rotatable bonds is 4. The topological polar surface area (TPSA) is 54.3 Å². The Labute approximate surface area is 143 Å². The summed E-state index contributed by atoms with van der Waals surface area (Å²) < 4.78 is 19.1. The van der Waals surface area contributed by atoms with Crippen LogP contribution in [0.4, 0.5) is 10.1 Å². The summed E-state index contributed by atoms with van der Waals surface area (Å²) in [6.07, 6.45) is 0. The molecule has 0 aliphatic rings. The van der Waals surface area contributed by atoms with Gasteiger partial charge in [0.2, 0.25) is 0 Å². The van der Waals surface area contributed by atoms with Gasteiger partial charge in [-0.1, -0.05) is 11.6 Å². The number of carbonyl (C=O) groups is 1. The first-order valence-electron chi connectivity index (χ1n) is 7.53. The van der Waals surface area contributed by atoms with Crippen molar-refractivity contribution in [2.75, 3.05) is 18.9 Å². The zero-order valence-corrected chi connectivity index (χ0v) is 14.0. The van der Waals surface area contributed by atoms with Gasteiger partial charge in [0, 0.05) is 30.9 Å². The minimum Gasteiger partial charge on any atom is -0.455 e. The first kappa shape index (κ1) is 16.3. The van der Waals surface area contributed by atoms with Gasteiger partial charge < -0.3 is 15.1 Å². The molecule has 2 aromatic carbocycles. The van der Waals surface area contributed by atoms with Crippen LogP contribution in [0.2, 0.25) is 5.02 Å². The molecule has 24 heavy (non-hydrogen) atoms. The second-order valence-electron chi connectivity index (χ2n) is 5.25. The third-order valence-electron chi connectivity index (χ3n) is 3.68. The molecule has 0 unspecified atom stereocenters. The summed E-state index contributed by atoms with van der Waals surface area (Å²) in [5.74, 6) is -0.310. The summed E-state index contributed by atoms with van der Waals surface area (Å²) in [6.45, 7) is 2.70. The number of fused-ring (bicyclic) bond motifs is 1. The van der Waals surface area contributed by atoms with Crippen LogP contribution < -0.4 is 10.6 Å². The van der Waals surface area contributed by atoms with Crippen LogP contribution in [0.15, 0.2) is 40.8 Å². The van der Waals surface area contributed by atoms with E-state index < -0.39 is 0 Å². The van der Waals surface area contributed by atoms with E-state index in [-0.39, 0.29) is 11.7 Å². The Morgan fingerprint density at radius 1 is 1.25 bits per heavy atom. The van der Waals surface area contributed by atoms with Crippen LogP contribution in [0.1, 0.15) is 17.3 Å². The lowest BCUT2D eigenvalue weighted by molar-refractivity contribution is 0.0964. The van der Waals surface area contributed by atoms with E-state index in [0.29, 0.717) is 32.9 Å². The lowest BCUT2D eigenvalue weighted by Gasteiger charge is -2.05. The fraction of sp³-hybridized carbons (Fsp3) is 0.167. The van der Waals surface area contributed by atoms with Crippen molar-refractivity contribution >= 4 is 34.2 Å². The highest BCUT2D eigenvalue weighted by Crippen LogP contribution is 2.39. The number of benzene rings is 2. The Kier molecular flexibility index (Phi) is 4.44.